The number of halogens is 2. The second-order valence-corrected chi connectivity index (χ2v) is 6.84. The minimum absolute atomic E-state index is 0.0116. The fourth-order valence-electron chi connectivity index (χ4n) is 3.42. The maximum absolute atomic E-state index is 14.6. The average molecular weight is 396 g/mol. The maximum Gasteiger partial charge on any atom is 0.137 e. The summed E-state index contributed by atoms with van der Waals surface area (Å²) in [4.78, 5) is 3.88. The van der Waals surface area contributed by atoms with Crippen molar-refractivity contribution in [3.8, 4) is 11.3 Å². The molecule has 2 N–H and O–H groups in total. The summed E-state index contributed by atoms with van der Waals surface area (Å²) >= 11 is 0. The topological polar surface area (TPSA) is 92.5 Å². The molecule has 0 spiro atoms. The molecule has 0 bridgehead atoms. The lowest BCUT2D eigenvalue weighted by Gasteiger charge is -2.35. The van der Waals surface area contributed by atoms with E-state index in [9.17, 15) is 13.9 Å². The first kappa shape index (κ1) is 18.9. The Hall–Kier alpha value is -3.46. The first-order chi connectivity index (χ1) is 14.0. The zero-order valence-corrected chi connectivity index (χ0v) is 15.5. The summed E-state index contributed by atoms with van der Waals surface area (Å²) < 4.78 is 29.5. The van der Waals surface area contributed by atoms with E-state index in [1.807, 2.05) is 24.3 Å². The molecule has 2 aromatic heterocycles. The van der Waals surface area contributed by atoms with Crippen molar-refractivity contribution in [1.82, 2.24) is 30.2 Å². The van der Waals surface area contributed by atoms with Crippen LogP contribution < -0.4 is 0 Å². The van der Waals surface area contributed by atoms with Crippen LogP contribution in [0.1, 0.15) is 24.0 Å². The summed E-state index contributed by atoms with van der Waals surface area (Å²) in [5.41, 5.74) is 0.598. The van der Waals surface area contributed by atoms with Crippen molar-refractivity contribution in [2.24, 2.45) is 0 Å². The Kier molecular flexibility index (Phi) is 4.89. The molecule has 0 unspecified atom stereocenters. The molecule has 4 rings (SSSR count). The van der Waals surface area contributed by atoms with Crippen LogP contribution in [0.15, 0.2) is 61.3 Å². The van der Waals surface area contributed by atoms with Crippen molar-refractivity contribution in [2.75, 3.05) is 0 Å². The van der Waals surface area contributed by atoms with Gasteiger partial charge in [0.1, 0.15) is 35.6 Å². The molecular weight excluding hydrogens is 378 g/mol. The molecule has 0 aliphatic heterocycles. The van der Waals surface area contributed by atoms with Crippen molar-refractivity contribution in [3.05, 3.63) is 84.1 Å². The van der Waals surface area contributed by atoms with E-state index in [4.69, 9.17) is 0 Å². The third-order valence-corrected chi connectivity index (χ3v) is 5.11. The Morgan fingerprint density at radius 1 is 1.17 bits per heavy atom. The lowest BCUT2D eigenvalue weighted by atomic mass is 9.78. The smallest absolute Gasteiger partial charge is 0.137 e. The van der Waals surface area contributed by atoms with Gasteiger partial charge < -0.3 is 5.11 Å². The molecule has 148 valence electrons. The third kappa shape index (κ3) is 3.64. The number of nitrogens with one attached hydrogen (secondary N) is 1. The zero-order valence-electron chi connectivity index (χ0n) is 15.5. The summed E-state index contributed by atoms with van der Waals surface area (Å²) in [7, 11) is 0. The monoisotopic (exact) mass is 396 g/mol. The van der Waals surface area contributed by atoms with Gasteiger partial charge in [0.25, 0.3) is 0 Å². The fourth-order valence-corrected chi connectivity index (χ4v) is 3.42. The number of hydrogen-bond acceptors (Lipinski definition) is 5. The Labute approximate surface area is 165 Å². The summed E-state index contributed by atoms with van der Waals surface area (Å²) in [6.07, 6.45) is 4.44. The van der Waals surface area contributed by atoms with Crippen LogP contribution in [-0.2, 0) is 12.1 Å². The van der Waals surface area contributed by atoms with Crippen LogP contribution in [0, 0.1) is 11.6 Å². The van der Waals surface area contributed by atoms with E-state index < -0.39 is 23.2 Å². The Balaban J connectivity index is 1.74. The molecule has 0 aliphatic rings. The van der Waals surface area contributed by atoms with E-state index in [0.29, 0.717) is 5.69 Å². The van der Waals surface area contributed by atoms with Gasteiger partial charge in [0.15, 0.2) is 0 Å². The molecule has 2 atom stereocenters. The van der Waals surface area contributed by atoms with Gasteiger partial charge in [-0.05, 0) is 11.6 Å². The number of benzene rings is 2. The van der Waals surface area contributed by atoms with E-state index in [2.05, 4.69) is 25.5 Å². The van der Waals surface area contributed by atoms with Crippen molar-refractivity contribution in [3.63, 3.8) is 0 Å². The van der Waals surface area contributed by atoms with E-state index in [1.54, 1.807) is 13.1 Å². The molecule has 9 heteroatoms. The van der Waals surface area contributed by atoms with Crippen LogP contribution in [0.5, 0.6) is 0 Å². The summed E-state index contributed by atoms with van der Waals surface area (Å²) in [5, 5.41) is 26.0. The lowest BCUT2D eigenvalue weighted by Crippen LogP contribution is -2.38. The number of aromatic nitrogens is 6. The molecule has 0 saturated heterocycles. The minimum Gasteiger partial charge on any atom is -0.382 e. The number of aliphatic hydroxyl groups is 1. The first-order valence-corrected chi connectivity index (χ1v) is 8.94. The molecular formula is C20H18F2N6O. The van der Waals surface area contributed by atoms with Crippen molar-refractivity contribution >= 4 is 0 Å². The standard InChI is InChI=1S/C20H18F2N6O/c1-13(14-2-4-15(5-3-14)19-9-24-27-26-19)20(29,10-28-12-23-11-25-28)17-7-6-16(21)8-18(17)22/h2-9,11-13,29H,10H2,1H3,(H,24,26,27)/t13-,20+/m0/s1. The van der Waals surface area contributed by atoms with Crippen LogP contribution in [-0.4, -0.2) is 35.3 Å². The number of hydrogen-bond donors (Lipinski definition) is 2. The molecule has 0 amide bonds. The second-order valence-electron chi connectivity index (χ2n) is 6.84. The molecule has 0 aliphatic carbocycles. The third-order valence-electron chi connectivity index (χ3n) is 5.11. The average Bonchev–Trinajstić information content (AvgIpc) is 3.41. The van der Waals surface area contributed by atoms with Crippen molar-refractivity contribution < 1.29 is 13.9 Å². The molecule has 0 saturated carbocycles. The molecule has 2 aromatic carbocycles. The number of rotatable bonds is 6. The van der Waals surface area contributed by atoms with E-state index in [-0.39, 0.29) is 12.1 Å². The number of nitrogens with zero attached hydrogens (tertiary/aromatic N) is 5. The SMILES string of the molecule is C[C@@H](c1ccc(-c2c[nH]nn2)cc1)[C@](O)(Cn1cncn1)c1ccc(F)cc1F. The molecule has 0 fully saturated rings. The van der Waals surface area contributed by atoms with Gasteiger partial charge in [-0.15, -0.1) is 5.10 Å². The van der Waals surface area contributed by atoms with Crippen LogP contribution in [0.3, 0.4) is 0 Å². The number of H-pyrrole nitrogens is 1. The quantitative estimate of drug-likeness (QED) is 0.523. The highest BCUT2D eigenvalue weighted by Crippen LogP contribution is 2.40. The summed E-state index contributed by atoms with van der Waals surface area (Å²) in [6.45, 7) is 1.73. The fraction of sp³-hybridized carbons (Fsp3) is 0.200. The highest BCUT2D eigenvalue weighted by Gasteiger charge is 2.40. The zero-order chi connectivity index (χ0) is 20.4. The highest BCUT2D eigenvalue weighted by molar-refractivity contribution is 5.58. The molecule has 2 heterocycles. The van der Waals surface area contributed by atoms with E-state index >= 15 is 0 Å². The molecule has 7 nitrogen and oxygen atoms in total. The largest absolute Gasteiger partial charge is 0.382 e. The number of aromatic amines is 1. The predicted octanol–water partition coefficient (Wildman–Crippen LogP) is 3.03. The summed E-state index contributed by atoms with van der Waals surface area (Å²) in [6, 6.07) is 10.5. The van der Waals surface area contributed by atoms with Crippen LogP contribution in [0.2, 0.25) is 0 Å². The van der Waals surface area contributed by atoms with Gasteiger partial charge in [0, 0.05) is 29.3 Å². The molecule has 29 heavy (non-hydrogen) atoms. The van der Waals surface area contributed by atoms with Crippen LogP contribution in [0.25, 0.3) is 11.3 Å². The van der Waals surface area contributed by atoms with E-state index in [1.165, 1.54) is 23.4 Å². The van der Waals surface area contributed by atoms with Gasteiger partial charge in [-0.25, -0.2) is 18.4 Å². The van der Waals surface area contributed by atoms with Crippen LogP contribution >= 0.6 is 0 Å². The van der Waals surface area contributed by atoms with Crippen molar-refractivity contribution in [2.45, 2.75) is 25.0 Å². The first-order valence-electron chi connectivity index (χ1n) is 8.94. The molecule has 4 aromatic rings. The lowest BCUT2D eigenvalue weighted by molar-refractivity contribution is -0.0112. The summed E-state index contributed by atoms with van der Waals surface area (Å²) in [5.74, 6) is -2.07. The van der Waals surface area contributed by atoms with Gasteiger partial charge >= 0.3 is 0 Å². The van der Waals surface area contributed by atoms with Crippen LogP contribution in [0.4, 0.5) is 8.78 Å². The Morgan fingerprint density at radius 2 is 1.97 bits per heavy atom. The van der Waals surface area contributed by atoms with Gasteiger partial charge in [-0.3, -0.25) is 5.10 Å². The maximum atomic E-state index is 14.6. The molecule has 0 radical (unpaired) electrons. The van der Waals surface area contributed by atoms with Gasteiger partial charge in [-0.1, -0.05) is 42.5 Å². The second kappa shape index (κ2) is 7.51. The highest BCUT2D eigenvalue weighted by atomic mass is 19.1. The normalized spacial score (nSPS) is 14.5. The van der Waals surface area contributed by atoms with Crippen molar-refractivity contribution in [1.29, 1.82) is 0 Å². The van der Waals surface area contributed by atoms with Gasteiger partial charge in [-0.2, -0.15) is 5.10 Å². The van der Waals surface area contributed by atoms with Gasteiger partial charge in [0.2, 0.25) is 0 Å². The Morgan fingerprint density at radius 3 is 2.59 bits per heavy atom. The predicted molar refractivity (Wildman–Crippen MR) is 101 cm³/mol. The van der Waals surface area contributed by atoms with E-state index in [0.717, 1.165) is 23.3 Å². The van der Waals surface area contributed by atoms with Gasteiger partial charge in [0.05, 0.1) is 6.54 Å². The Bertz CT molecular complexity index is 1080. The minimum atomic E-state index is -1.69.